The molecule has 24 heavy (non-hydrogen) atoms. The lowest BCUT2D eigenvalue weighted by Gasteiger charge is -2.10. The molecule has 0 amide bonds. The summed E-state index contributed by atoms with van der Waals surface area (Å²) in [5.74, 6) is -1.32. The van der Waals surface area contributed by atoms with Crippen LogP contribution >= 0.6 is 11.3 Å². The average molecular weight is 381 g/mol. The standard InChI is InChI=1S/C13H10F3NO5S2/c14-13(15,16)7-22-10-3-1-9(2-4-10)17-24(20,21)11-5-8(6-23-11)12(18)19/h1-6,17H,7H2,(H,18,19). The Hall–Kier alpha value is -2.27. The monoisotopic (exact) mass is 381 g/mol. The van der Waals surface area contributed by atoms with E-state index >= 15 is 0 Å². The fourth-order valence-electron chi connectivity index (χ4n) is 1.56. The van der Waals surface area contributed by atoms with E-state index in [9.17, 15) is 26.4 Å². The van der Waals surface area contributed by atoms with Crippen molar-refractivity contribution >= 4 is 33.0 Å². The molecule has 0 atom stereocenters. The molecule has 1 aromatic carbocycles. The Labute approximate surface area is 138 Å². The largest absolute Gasteiger partial charge is 0.484 e. The van der Waals surface area contributed by atoms with Gasteiger partial charge in [-0.1, -0.05) is 0 Å². The molecule has 0 unspecified atom stereocenters. The van der Waals surface area contributed by atoms with Gasteiger partial charge >= 0.3 is 12.1 Å². The number of carboxylic acid groups (broad SMARTS) is 1. The SMILES string of the molecule is O=C(O)c1csc(S(=O)(=O)Nc2ccc(OCC(F)(F)F)cc2)c1. The van der Waals surface area contributed by atoms with Crippen LogP contribution in [0, 0.1) is 0 Å². The van der Waals surface area contributed by atoms with Crippen molar-refractivity contribution in [2.75, 3.05) is 11.3 Å². The van der Waals surface area contributed by atoms with Gasteiger partial charge in [-0.05, 0) is 30.3 Å². The molecule has 1 heterocycles. The minimum absolute atomic E-state index is 0.0699. The second kappa shape index (κ2) is 6.69. The van der Waals surface area contributed by atoms with Gasteiger partial charge in [-0.15, -0.1) is 11.3 Å². The molecule has 2 rings (SSSR count). The van der Waals surface area contributed by atoms with Gasteiger partial charge in [-0.3, -0.25) is 4.72 Å². The molecule has 130 valence electrons. The summed E-state index contributed by atoms with van der Waals surface area (Å²) in [6.07, 6.45) is -4.47. The van der Waals surface area contributed by atoms with Crippen molar-refractivity contribution in [1.29, 1.82) is 0 Å². The van der Waals surface area contributed by atoms with Gasteiger partial charge < -0.3 is 9.84 Å². The molecule has 0 radical (unpaired) electrons. The first-order valence-electron chi connectivity index (χ1n) is 6.21. The highest BCUT2D eigenvalue weighted by atomic mass is 32.2. The molecule has 2 aromatic rings. The predicted octanol–water partition coefficient (Wildman–Crippen LogP) is 3.19. The van der Waals surface area contributed by atoms with Crippen LogP contribution in [0.2, 0.25) is 0 Å². The van der Waals surface area contributed by atoms with Crippen molar-refractivity contribution in [2.24, 2.45) is 0 Å². The predicted molar refractivity (Wildman–Crippen MR) is 80.1 cm³/mol. The van der Waals surface area contributed by atoms with E-state index in [4.69, 9.17) is 5.11 Å². The number of hydrogen-bond donors (Lipinski definition) is 2. The second-order valence-corrected chi connectivity index (χ2v) is 7.31. The highest BCUT2D eigenvalue weighted by molar-refractivity contribution is 7.94. The molecule has 0 saturated carbocycles. The van der Waals surface area contributed by atoms with Gasteiger partial charge in [0.15, 0.2) is 6.61 Å². The topological polar surface area (TPSA) is 92.7 Å². The Balaban J connectivity index is 2.08. The summed E-state index contributed by atoms with van der Waals surface area (Å²) in [4.78, 5) is 10.8. The zero-order valence-corrected chi connectivity index (χ0v) is 13.3. The molecule has 0 aliphatic rings. The number of thiophene rings is 1. The highest BCUT2D eigenvalue weighted by Crippen LogP contribution is 2.25. The number of rotatable bonds is 6. The van der Waals surface area contributed by atoms with Crippen molar-refractivity contribution < 1.29 is 36.2 Å². The molecule has 1 aromatic heterocycles. The third-order valence-electron chi connectivity index (χ3n) is 2.60. The van der Waals surface area contributed by atoms with E-state index in [2.05, 4.69) is 9.46 Å². The summed E-state index contributed by atoms with van der Waals surface area (Å²) < 4.78 is 66.8. The van der Waals surface area contributed by atoms with E-state index < -0.39 is 28.8 Å². The number of halogens is 3. The minimum Gasteiger partial charge on any atom is -0.484 e. The van der Waals surface area contributed by atoms with Crippen LogP contribution in [0.1, 0.15) is 10.4 Å². The van der Waals surface area contributed by atoms with Gasteiger partial charge in [0.1, 0.15) is 9.96 Å². The molecule has 0 aliphatic carbocycles. The van der Waals surface area contributed by atoms with Crippen molar-refractivity contribution in [2.45, 2.75) is 10.4 Å². The van der Waals surface area contributed by atoms with Crippen LogP contribution in [0.3, 0.4) is 0 Å². The van der Waals surface area contributed by atoms with Crippen molar-refractivity contribution in [3.05, 3.63) is 41.3 Å². The smallest absolute Gasteiger partial charge is 0.422 e. The van der Waals surface area contributed by atoms with E-state index in [1.165, 1.54) is 29.6 Å². The molecule has 0 saturated heterocycles. The van der Waals surface area contributed by atoms with Crippen LogP contribution in [-0.4, -0.2) is 32.3 Å². The van der Waals surface area contributed by atoms with E-state index in [1.807, 2.05) is 0 Å². The van der Waals surface area contributed by atoms with Crippen molar-refractivity contribution in [3.63, 3.8) is 0 Å². The number of ether oxygens (including phenoxy) is 1. The lowest BCUT2D eigenvalue weighted by molar-refractivity contribution is -0.153. The maximum Gasteiger partial charge on any atom is 0.422 e. The van der Waals surface area contributed by atoms with E-state index in [-0.39, 0.29) is 21.2 Å². The molecular weight excluding hydrogens is 371 g/mol. The van der Waals surface area contributed by atoms with Gasteiger partial charge in [0, 0.05) is 11.1 Å². The van der Waals surface area contributed by atoms with Crippen LogP contribution in [0.5, 0.6) is 5.75 Å². The lowest BCUT2D eigenvalue weighted by Crippen LogP contribution is -2.19. The molecule has 0 spiro atoms. The number of hydrogen-bond acceptors (Lipinski definition) is 5. The zero-order chi connectivity index (χ0) is 18.0. The normalized spacial score (nSPS) is 12.0. The average Bonchev–Trinajstić information content (AvgIpc) is 2.96. The zero-order valence-electron chi connectivity index (χ0n) is 11.7. The Morgan fingerprint density at radius 1 is 1.25 bits per heavy atom. The second-order valence-electron chi connectivity index (χ2n) is 4.49. The van der Waals surface area contributed by atoms with Crippen LogP contribution in [-0.2, 0) is 10.0 Å². The summed E-state index contributed by atoms with van der Waals surface area (Å²) in [6.45, 7) is -1.45. The van der Waals surface area contributed by atoms with Crippen molar-refractivity contribution in [1.82, 2.24) is 0 Å². The quantitative estimate of drug-likeness (QED) is 0.802. The van der Waals surface area contributed by atoms with Crippen LogP contribution < -0.4 is 9.46 Å². The van der Waals surface area contributed by atoms with E-state index in [0.29, 0.717) is 0 Å². The summed E-state index contributed by atoms with van der Waals surface area (Å²) in [7, 11) is -3.99. The molecule has 0 fully saturated rings. The summed E-state index contributed by atoms with van der Waals surface area (Å²) in [5, 5.41) is 9.97. The number of anilines is 1. The van der Waals surface area contributed by atoms with Crippen LogP contribution in [0.4, 0.5) is 18.9 Å². The number of nitrogens with one attached hydrogen (secondary N) is 1. The van der Waals surface area contributed by atoms with E-state index in [0.717, 1.165) is 17.4 Å². The van der Waals surface area contributed by atoms with E-state index in [1.54, 1.807) is 0 Å². The van der Waals surface area contributed by atoms with Gasteiger partial charge in [0.2, 0.25) is 0 Å². The number of carboxylic acids is 1. The van der Waals surface area contributed by atoms with Crippen LogP contribution in [0.25, 0.3) is 0 Å². The Morgan fingerprint density at radius 2 is 1.88 bits per heavy atom. The van der Waals surface area contributed by atoms with Crippen LogP contribution in [0.15, 0.2) is 39.9 Å². The Bertz CT molecular complexity index is 828. The number of carbonyl (C=O) groups is 1. The molecule has 0 aliphatic heterocycles. The van der Waals surface area contributed by atoms with Gasteiger partial charge in [0.05, 0.1) is 5.56 Å². The maximum absolute atomic E-state index is 12.1. The molecule has 0 bridgehead atoms. The number of aromatic carboxylic acids is 1. The Kier molecular flexibility index (Phi) is 5.04. The first-order valence-corrected chi connectivity index (χ1v) is 8.57. The first-order chi connectivity index (χ1) is 11.1. The first kappa shape index (κ1) is 18.1. The number of sulfonamides is 1. The third kappa shape index (κ3) is 4.86. The third-order valence-corrected chi connectivity index (χ3v) is 5.42. The molecule has 11 heteroatoms. The fraction of sp³-hybridized carbons (Fsp3) is 0.154. The van der Waals surface area contributed by atoms with Gasteiger partial charge in [-0.2, -0.15) is 13.2 Å². The highest BCUT2D eigenvalue weighted by Gasteiger charge is 2.28. The van der Waals surface area contributed by atoms with Gasteiger partial charge in [0.25, 0.3) is 10.0 Å². The number of benzene rings is 1. The molecule has 6 nitrogen and oxygen atoms in total. The van der Waals surface area contributed by atoms with Crippen molar-refractivity contribution in [3.8, 4) is 5.75 Å². The summed E-state index contributed by atoms with van der Waals surface area (Å²) >= 11 is 0.737. The molecule has 2 N–H and O–H groups in total. The molecular formula is C13H10F3NO5S2. The summed E-state index contributed by atoms with van der Waals surface area (Å²) in [5.41, 5.74) is -0.0593. The van der Waals surface area contributed by atoms with Gasteiger partial charge in [-0.25, -0.2) is 13.2 Å². The minimum atomic E-state index is -4.47. The number of alkyl halides is 3. The lowest BCUT2D eigenvalue weighted by atomic mass is 10.3. The fourth-order valence-corrected chi connectivity index (χ4v) is 3.77. The summed E-state index contributed by atoms with van der Waals surface area (Å²) in [6, 6.07) is 5.83. The Morgan fingerprint density at radius 3 is 2.38 bits per heavy atom. The maximum atomic E-state index is 12.1.